The Kier molecular flexibility index (Phi) is 4.76. The Morgan fingerprint density at radius 2 is 1.90 bits per heavy atom. The average molecular weight is 418 g/mol. The first-order chi connectivity index (χ1) is 15.3. The monoisotopic (exact) mass is 417 g/mol. The van der Waals surface area contributed by atoms with Crippen LogP contribution in [-0.4, -0.2) is 40.7 Å². The van der Waals surface area contributed by atoms with Crippen LogP contribution >= 0.6 is 0 Å². The third-order valence-corrected chi connectivity index (χ3v) is 6.70. The molecule has 3 aliphatic rings. The lowest BCUT2D eigenvalue weighted by atomic mass is 9.91. The molecular formula is C24H27N5O2. The van der Waals surface area contributed by atoms with Crippen LogP contribution in [0.2, 0.25) is 0 Å². The van der Waals surface area contributed by atoms with Crippen LogP contribution in [-0.2, 0) is 6.42 Å². The van der Waals surface area contributed by atoms with Crippen molar-refractivity contribution in [3.8, 4) is 17.3 Å². The summed E-state index contributed by atoms with van der Waals surface area (Å²) in [6.45, 7) is 2.42. The fraction of sp³-hybridized carbons (Fsp3) is 0.417. The molecule has 1 N–H and O–H groups in total. The fourth-order valence-electron chi connectivity index (χ4n) is 5.08. The Bertz CT molecular complexity index is 1060. The zero-order valence-electron chi connectivity index (χ0n) is 17.5. The van der Waals surface area contributed by atoms with E-state index in [1.165, 1.54) is 29.8 Å². The summed E-state index contributed by atoms with van der Waals surface area (Å²) >= 11 is 0. The zero-order chi connectivity index (χ0) is 20.6. The Morgan fingerprint density at radius 3 is 2.77 bits per heavy atom. The smallest absolute Gasteiger partial charge is 0.231 e. The minimum Gasteiger partial charge on any atom is -0.454 e. The second kappa shape index (κ2) is 7.89. The van der Waals surface area contributed by atoms with Gasteiger partial charge in [-0.15, -0.1) is 0 Å². The van der Waals surface area contributed by atoms with Gasteiger partial charge in [-0.25, -0.2) is 9.67 Å². The molecule has 0 radical (unpaired) electrons. The molecule has 0 saturated carbocycles. The van der Waals surface area contributed by atoms with Crippen LogP contribution in [0.15, 0.2) is 48.8 Å². The SMILES string of the molecule is c1ccc(-n2ncc3c2CCC[C@@H]3NC2CCN(c3ccc4c(c3)OCO4)CC2)nc1. The number of nitrogens with zero attached hydrogens (tertiary/aromatic N) is 4. The maximum Gasteiger partial charge on any atom is 0.231 e. The molecule has 2 aliphatic heterocycles. The van der Waals surface area contributed by atoms with Crippen molar-refractivity contribution < 1.29 is 9.47 Å². The first kappa shape index (κ1) is 18.7. The maximum atomic E-state index is 5.55. The molecule has 1 aromatic carbocycles. The van der Waals surface area contributed by atoms with Crippen molar-refractivity contribution in [2.75, 3.05) is 24.8 Å². The number of hydrogen-bond acceptors (Lipinski definition) is 6. The van der Waals surface area contributed by atoms with Crippen molar-refractivity contribution in [3.05, 3.63) is 60.0 Å². The molecule has 4 heterocycles. The summed E-state index contributed by atoms with van der Waals surface area (Å²) < 4.78 is 13.0. The first-order valence-corrected chi connectivity index (χ1v) is 11.2. The van der Waals surface area contributed by atoms with E-state index < -0.39 is 0 Å². The fourth-order valence-corrected chi connectivity index (χ4v) is 5.08. The Labute approximate surface area is 182 Å². The number of piperidine rings is 1. The Hall–Kier alpha value is -3.06. The van der Waals surface area contributed by atoms with E-state index in [9.17, 15) is 0 Å². The molecule has 0 bridgehead atoms. The molecule has 1 aliphatic carbocycles. The van der Waals surface area contributed by atoms with Crippen molar-refractivity contribution in [1.29, 1.82) is 0 Å². The van der Waals surface area contributed by atoms with Gasteiger partial charge in [0.1, 0.15) is 0 Å². The summed E-state index contributed by atoms with van der Waals surface area (Å²) in [7, 11) is 0. The number of ether oxygens (including phenoxy) is 2. The van der Waals surface area contributed by atoms with Crippen LogP contribution in [0.4, 0.5) is 5.69 Å². The molecule has 3 aromatic rings. The number of aromatic nitrogens is 3. The standard InChI is InChI=1S/C24H27N5O2/c1-2-11-25-24(6-1)29-21-5-3-4-20(19(21)15-26-29)27-17-9-12-28(13-10-17)18-7-8-22-23(14-18)31-16-30-22/h1-2,6-8,11,14-15,17,20,27H,3-5,9-10,12-13,16H2/t20-/m0/s1. The van der Waals surface area contributed by atoms with E-state index in [0.29, 0.717) is 18.9 Å². The number of hydrogen-bond donors (Lipinski definition) is 1. The van der Waals surface area contributed by atoms with Gasteiger partial charge in [0.2, 0.25) is 6.79 Å². The van der Waals surface area contributed by atoms with Crippen molar-refractivity contribution in [2.45, 2.75) is 44.2 Å². The normalized spacial score (nSPS) is 20.6. The summed E-state index contributed by atoms with van der Waals surface area (Å²) in [5, 5.41) is 8.62. The van der Waals surface area contributed by atoms with Crippen molar-refractivity contribution >= 4 is 5.69 Å². The van der Waals surface area contributed by atoms with E-state index >= 15 is 0 Å². The van der Waals surface area contributed by atoms with Crippen LogP contribution in [0.5, 0.6) is 11.5 Å². The zero-order valence-corrected chi connectivity index (χ0v) is 17.5. The summed E-state index contributed by atoms with van der Waals surface area (Å²) in [5.74, 6) is 2.61. The van der Waals surface area contributed by atoms with E-state index in [-0.39, 0.29) is 0 Å². The van der Waals surface area contributed by atoms with Gasteiger partial charge in [-0.3, -0.25) is 0 Å². The lowest BCUT2D eigenvalue weighted by molar-refractivity contribution is 0.174. The molecule has 6 rings (SSSR count). The van der Waals surface area contributed by atoms with Crippen molar-refractivity contribution in [3.63, 3.8) is 0 Å². The average Bonchev–Trinajstić information content (AvgIpc) is 3.47. The molecule has 7 heteroatoms. The highest BCUT2D eigenvalue weighted by Crippen LogP contribution is 2.37. The number of anilines is 1. The predicted molar refractivity (Wildman–Crippen MR) is 118 cm³/mol. The van der Waals surface area contributed by atoms with Gasteiger partial charge in [0, 0.05) is 48.7 Å². The molecule has 0 spiro atoms. The Balaban J connectivity index is 1.12. The van der Waals surface area contributed by atoms with E-state index in [4.69, 9.17) is 9.47 Å². The number of pyridine rings is 1. The minimum atomic E-state index is 0.324. The van der Waals surface area contributed by atoms with Gasteiger partial charge in [0.25, 0.3) is 0 Å². The summed E-state index contributed by atoms with van der Waals surface area (Å²) in [4.78, 5) is 6.94. The van der Waals surface area contributed by atoms with E-state index in [0.717, 1.165) is 49.7 Å². The van der Waals surface area contributed by atoms with Gasteiger partial charge < -0.3 is 19.7 Å². The summed E-state index contributed by atoms with van der Waals surface area (Å²) in [5.41, 5.74) is 3.87. The summed E-state index contributed by atoms with van der Waals surface area (Å²) in [6.07, 6.45) is 9.55. The predicted octanol–water partition coefficient (Wildman–Crippen LogP) is 3.63. The molecule has 160 valence electrons. The number of rotatable bonds is 4. The molecule has 2 aromatic heterocycles. The lowest BCUT2D eigenvalue weighted by Crippen LogP contribution is -2.44. The maximum absolute atomic E-state index is 5.55. The van der Waals surface area contributed by atoms with E-state index in [2.05, 4.69) is 32.4 Å². The second-order valence-electron chi connectivity index (χ2n) is 8.56. The van der Waals surface area contributed by atoms with Gasteiger partial charge >= 0.3 is 0 Å². The van der Waals surface area contributed by atoms with Crippen LogP contribution in [0.25, 0.3) is 5.82 Å². The van der Waals surface area contributed by atoms with Gasteiger partial charge in [-0.1, -0.05) is 6.07 Å². The highest BCUT2D eigenvalue weighted by Gasteiger charge is 2.29. The summed E-state index contributed by atoms with van der Waals surface area (Å²) in [6, 6.07) is 13.2. The van der Waals surface area contributed by atoms with Crippen molar-refractivity contribution in [2.24, 2.45) is 0 Å². The Morgan fingerprint density at radius 1 is 1.00 bits per heavy atom. The van der Waals surface area contributed by atoms with E-state index in [1.807, 2.05) is 41.3 Å². The molecule has 1 saturated heterocycles. The van der Waals surface area contributed by atoms with E-state index in [1.54, 1.807) is 0 Å². The highest BCUT2D eigenvalue weighted by molar-refractivity contribution is 5.57. The third-order valence-electron chi connectivity index (χ3n) is 6.70. The molecule has 0 amide bonds. The number of benzene rings is 1. The molecule has 1 fully saturated rings. The van der Waals surface area contributed by atoms with Crippen LogP contribution in [0, 0.1) is 0 Å². The lowest BCUT2D eigenvalue weighted by Gasteiger charge is -2.36. The second-order valence-corrected chi connectivity index (χ2v) is 8.56. The molecular weight excluding hydrogens is 390 g/mol. The van der Waals surface area contributed by atoms with Crippen LogP contribution < -0.4 is 19.7 Å². The van der Waals surface area contributed by atoms with Gasteiger partial charge in [-0.05, 0) is 56.4 Å². The highest BCUT2D eigenvalue weighted by atomic mass is 16.7. The minimum absolute atomic E-state index is 0.324. The first-order valence-electron chi connectivity index (χ1n) is 11.2. The third kappa shape index (κ3) is 3.53. The van der Waals surface area contributed by atoms with Crippen molar-refractivity contribution in [1.82, 2.24) is 20.1 Å². The molecule has 1 atom stereocenters. The molecule has 7 nitrogen and oxygen atoms in total. The largest absolute Gasteiger partial charge is 0.454 e. The molecule has 0 unspecified atom stereocenters. The van der Waals surface area contributed by atoms with Gasteiger partial charge in [0.15, 0.2) is 17.3 Å². The number of fused-ring (bicyclic) bond motifs is 2. The van der Waals surface area contributed by atoms with Crippen LogP contribution in [0.3, 0.4) is 0 Å². The van der Waals surface area contributed by atoms with Gasteiger partial charge in [0.05, 0.1) is 11.9 Å². The quantitative estimate of drug-likeness (QED) is 0.699. The number of nitrogens with one attached hydrogen (secondary N) is 1. The topological polar surface area (TPSA) is 64.4 Å². The molecule has 31 heavy (non-hydrogen) atoms. The van der Waals surface area contributed by atoms with Crippen LogP contribution in [0.1, 0.15) is 43.0 Å². The van der Waals surface area contributed by atoms with Gasteiger partial charge in [-0.2, -0.15) is 5.10 Å².